The van der Waals surface area contributed by atoms with Gasteiger partial charge < -0.3 is 4.98 Å². The fraction of sp³-hybridized carbons (Fsp3) is 0.273. The molecular weight excluding hydrogens is 290 g/mol. The van der Waals surface area contributed by atoms with Gasteiger partial charge in [0.15, 0.2) is 9.84 Å². The second kappa shape index (κ2) is 3.89. The van der Waals surface area contributed by atoms with Crippen LogP contribution >= 0.6 is 15.9 Å². The molecular formula is C11H12BrNO2S. The minimum Gasteiger partial charge on any atom is -0.345 e. The zero-order chi connectivity index (χ0) is 11.9. The number of benzene rings is 1. The number of H-pyrrole nitrogens is 1. The molecule has 0 aliphatic carbocycles. The van der Waals surface area contributed by atoms with Crippen molar-refractivity contribution in [2.45, 2.75) is 18.9 Å². The molecule has 0 bridgehead atoms. The molecule has 16 heavy (non-hydrogen) atoms. The van der Waals surface area contributed by atoms with Gasteiger partial charge in [0, 0.05) is 15.4 Å². The van der Waals surface area contributed by atoms with Gasteiger partial charge in [0.2, 0.25) is 0 Å². The first-order valence-corrected chi connectivity index (χ1v) is 7.41. The third-order valence-electron chi connectivity index (χ3n) is 2.67. The summed E-state index contributed by atoms with van der Waals surface area (Å²) < 4.78 is 24.6. The molecule has 3 nitrogen and oxygen atoms in total. The van der Waals surface area contributed by atoms with E-state index in [1.807, 2.05) is 25.1 Å². The van der Waals surface area contributed by atoms with Crippen LogP contribution in [0.25, 0.3) is 10.9 Å². The molecule has 0 amide bonds. The molecule has 0 spiro atoms. The van der Waals surface area contributed by atoms with Crippen LogP contribution < -0.4 is 0 Å². The van der Waals surface area contributed by atoms with Crippen LogP contribution in [0.3, 0.4) is 0 Å². The number of nitrogens with one attached hydrogen (secondary N) is 1. The van der Waals surface area contributed by atoms with Gasteiger partial charge >= 0.3 is 0 Å². The second-order valence-electron chi connectivity index (χ2n) is 3.67. The van der Waals surface area contributed by atoms with Crippen LogP contribution in [0.5, 0.6) is 0 Å². The molecule has 86 valence electrons. The Hall–Kier alpha value is -0.810. The van der Waals surface area contributed by atoms with Crippen LogP contribution in [0.1, 0.15) is 12.5 Å². The highest BCUT2D eigenvalue weighted by Gasteiger charge is 2.18. The maximum Gasteiger partial charge on any atom is 0.193 e. The van der Waals surface area contributed by atoms with Crippen molar-refractivity contribution >= 4 is 36.7 Å². The molecule has 5 heteroatoms. The van der Waals surface area contributed by atoms with Gasteiger partial charge in [-0.25, -0.2) is 8.42 Å². The lowest BCUT2D eigenvalue weighted by Crippen LogP contribution is -2.05. The topological polar surface area (TPSA) is 49.9 Å². The lowest BCUT2D eigenvalue weighted by atomic mass is 10.2. The van der Waals surface area contributed by atoms with Gasteiger partial charge in [-0.2, -0.15) is 0 Å². The highest BCUT2D eigenvalue weighted by Crippen LogP contribution is 2.27. The van der Waals surface area contributed by atoms with E-state index in [0.29, 0.717) is 5.03 Å². The number of sulfone groups is 1. The highest BCUT2D eigenvalue weighted by atomic mass is 79.9. The van der Waals surface area contributed by atoms with E-state index in [0.717, 1.165) is 20.9 Å². The molecule has 0 aliphatic rings. The van der Waals surface area contributed by atoms with Crippen molar-refractivity contribution in [2.75, 3.05) is 5.75 Å². The van der Waals surface area contributed by atoms with E-state index in [4.69, 9.17) is 0 Å². The number of halogens is 1. The number of fused-ring (bicyclic) bond motifs is 1. The smallest absolute Gasteiger partial charge is 0.193 e. The minimum atomic E-state index is -3.17. The molecule has 0 saturated heterocycles. The summed E-state index contributed by atoms with van der Waals surface area (Å²) in [5, 5.41) is 1.28. The van der Waals surface area contributed by atoms with Gasteiger partial charge in [-0.3, -0.25) is 0 Å². The first-order chi connectivity index (χ1) is 7.45. The number of aryl methyl sites for hydroxylation is 1. The Morgan fingerprint density at radius 3 is 2.69 bits per heavy atom. The summed E-state index contributed by atoms with van der Waals surface area (Å²) >= 11 is 3.38. The lowest BCUT2D eigenvalue weighted by molar-refractivity contribution is 0.594. The zero-order valence-electron chi connectivity index (χ0n) is 9.04. The molecule has 1 aromatic carbocycles. The average molecular weight is 302 g/mol. The van der Waals surface area contributed by atoms with E-state index >= 15 is 0 Å². The van der Waals surface area contributed by atoms with Gasteiger partial charge in [-0.15, -0.1) is 0 Å². The van der Waals surface area contributed by atoms with Crippen LogP contribution in [-0.2, 0) is 9.84 Å². The van der Waals surface area contributed by atoms with Gasteiger partial charge in [0.1, 0.15) is 5.03 Å². The normalized spacial score (nSPS) is 12.2. The Kier molecular flexibility index (Phi) is 2.84. The summed E-state index contributed by atoms with van der Waals surface area (Å²) in [6, 6.07) is 5.69. The maximum atomic E-state index is 11.8. The third-order valence-corrected chi connectivity index (χ3v) is 4.95. The first-order valence-electron chi connectivity index (χ1n) is 4.96. The van der Waals surface area contributed by atoms with Crippen LogP contribution in [0.15, 0.2) is 27.7 Å². The number of rotatable bonds is 2. The van der Waals surface area contributed by atoms with Crippen LogP contribution in [0.4, 0.5) is 0 Å². The Morgan fingerprint density at radius 1 is 1.38 bits per heavy atom. The zero-order valence-corrected chi connectivity index (χ0v) is 11.4. The van der Waals surface area contributed by atoms with E-state index in [1.165, 1.54) is 0 Å². The molecule has 2 rings (SSSR count). The van der Waals surface area contributed by atoms with Crippen molar-refractivity contribution in [1.82, 2.24) is 4.98 Å². The summed E-state index contributed by atoms with van der Waals surface area (Å²) in [6.45, 7) is 3.48. The summed E-state index contributed by atoms with van der Waals surface area (Å²) in [5.74, 6) is 0.113. The van der Waals surface area contributed by atoms with Crippen LogP contribution in [0, 0.1) is 6.92 Å². The van der Waals surface area contributed by atoms with Crippen LogP contribution in [-0.4, -0.2) is 19.2 Å². The fourth-order valence-corrected chi connectivity index (χ4v) is 3.22. The SMILES string of the molecule is CCS(=O)(=O)c1[nH]c2ccc(Br)cc2c1C. The molecule has 0 aliphatic heterocycles. The molecule has 1 heterocycles. The van der Waals surface area contributed by atoms with Gasteiger partial charge in [0.05, 0.1) is 5.75 Å². The Bertz CT molecular complexity index is 643. The molecule has 0 radical (unpaired) electrons. The van der Waals surface area contributed by atoms with Crippen molar-refractivity contribution in [3.63, 3.8) is 0 Å². The predicted octanol–water partition coefficient (Wildman–Crippen LogP) is 3.03. The average Bonchev–Trinajstić information content (AvgIpc) is 2.57. The van der Waals surface area contributed by atoms with Crippen LogP contribution in [0.2, 0.25) is 0 Å². The van der Waals surface area contributed by atoms with Gasteiger partial charge in [-0.1, -0.05) is 22.9 Å². The quantitative estimate of drug-likeness (QED) is 0.927. The van der Waals surface area contributed by atoms with E-state index in [1.54, 1.807) is 6.92 Å². The molecule has 0 unspecified atom stereocenters. The molecule has 0 saturated carbocycles. The highest BCUT2D eigenvalue weighted by molar-refractivity contribution is 9.10. The largest absolute Gasteiger partial charge is 0.345 e. The van der Waals surface area contributed by atoms with Gasteiger partial charge in [-0.05, 0) is 30.7 Å². The Labute approximate surface area is 103 Å². The maximum absolute atomic E-state index is 11.8. The fourth-order valence-electron chi connectivity index (χ4n) is 1.73. The molecule has 1 N–H and O–H groups in total. The number of hydrogen-bond acceptors (Lipinski definition) is 2. The number of aromatic nitrogens is 1. The van der Waals surface area contributed by atoms with Gasteiger partial charge in [0.25, 0.3) is 0 Å². The van der Waals surface area contributed by atoms with Crippen molar-refractivity contribution in [3.8, 4) is 0 Å². The first kappa shape index (κ1) is 11.7. The Balaban J connectivity index is 2.80. The number of hydrogen-bond donors (Lipinski definition) is 1. The van der Waals surface area contributed by atoms with Crippen molar-refractivity contribution < 1.29 is 8.42 Å². The Morgan fingerprint density at radius 2 is 2.06 bits per heavy atom. The standard InChI is InChI=1S/C11H12BrNO2S/c1-3-16(14,15)11-7(2)9-6-8(12)4-5-10(9)13-11/h4-6,13H,3H2,1-2H3. The van der Waals surface area contributed by atoms with E-state index in [2.05, 4.69) is 20.9 Å². The predicted molar refractivity (Wildman–Crippen MR) is 68.5 cm³/mol. The molecule has 2 aromatic rings. The van der Waals surface area contributed by atoms with Crippen molar-refractivity contribution in [2.24, 2.45) is 0 Å². The van der Waals surface area contributed by atoms with E-state index < -0.39 is 9.84 Å². The molecule has 1 aromatic heterocycles. The van der Waals surface area contributed by atoms with E-state index in [-0.39, 0.29) is 5.75 Å². The molecule has 0 atom stereocenters. The second-order valence-corrected chi connectivity index (χ2v) is 6.80. The summed E-state index contributed by atoms with van der Waals surface area (Å²) in [7, 11) is -3.17. The van der Waals surface area contributed by atoms with Crippen molar-refractivity contribution in [1.29, 1.82) is 0 Å². The minimum absolute atomic E-state index is 0.113. The number of aromatic amines is 1. The summed E-state index contributed by atoms with van der Waals surface area (Å²) in [6.07, 6.45) is 0. The van der Waals surface area contributed by atoms with E-state index in [9.17, 15) is 8.42 Å². The third kappa shape index (κ3) is 1.78. The summed E-state index contributed by atoms with van der Waals surface area (Å²) in [4.78, 5) is 2.97. The monoisotopic (exact) mass is 301 g/mol. The molecule has 0 fully saturated rings. The lowest BCUT2D eigenvalue weighted by Gasteiger charge is -1.98. The summed E-state index contributed by atoms with van der Waals surface area (Å²) in [5.41, 5.74) is 1.64. The van der Waals surface area contributed by atoms with Crippen molar-refractivity contribution in [3.05, 3.63) is 28.2 Å².